The van der Waals surface area contributed by atoms with Gasteiger partial charge in [-0.1, -0.05) is 5.16 Å². The minimum Gasteiger partial charge on any atom is -0.461 e. The van der Waals surface area contributed by atoms with Gasteiger partial charge < -0.3 is 13.7 Å². The molecule has 1 aliphatic heterocycles. The number of morpholine rings is 1. The van der Waals surface area contributed by atoms with Gasteiger partial charge in [0.15, 0.2) is 5.76 Å². The van der Waals surface area contributed by atoms with Crippen molar-refractivity contribution in [1.82, 2.24) is 15.0 Å². The minimum absolute atomic E-state index is 0.240. The monoisotopic (exact) mass is 263 g/mol. The van der Waals surface area contributed by atoms with Crippen molar-refractivity contribution in [2.75, 3.05) is 13.2 Å². The zero-order valence-corrected chi connectivity index (χ0v) is 11.1. The molecule has 0 radical (unpaired) electrons. The Labute approximate surface area is 111 Å². The molecule has 0 amide bonds. The zero-order valence-electron chi connectivity index (χ0n) is 11.1. The molecular formula is C13H17N3O3. The van der Waals surface area contributed by atoms with Crippen molar-refractivity contribution < 1.29 is 13.7 Å². The second-order valence-electron chi connectivity index (χ2n) is 4.91. The van der Waals surface area contributed by atoms with Gasteiger partial charge in [-0.2, -0.15) is 4.98 Å². The highest BCUT2D eigenvalue weighted by Crippen LogP contribution is 2.18. The topological polar surface area (TPSA) is 64.5 Å². The molecule has 6 heteroatoms. The lowest BCUT2D eigenvalue weighted by Crippen LogP contribution is -2.46. The SMILES string of the molecule is C[C@@H]1CN(Cc2nc(-c3ccco3)no2)[C@H](C)CO1. The normalized spacial score (nSPS) is 24.7. The fraction of sp³-hybridized carbons (Fsp3) is 0.538. The highest BCUT2D eigenvalue weighted by atomic mass is 16.5. The van der Waals surface area contributed by atoms with Gasteiger partial charge in [-0.25, -0.2) is 0 Å². The first-order chi connectivity index (χ1) is 9.22. The molecule has 1 aliphatic rings. The largest absolute Gasteiger partial charge is 0.461 e. The third kappa shape index (κ3) is 2.69. The summed E-state index contributed by atoms with van der Waals surface area (Å²) in [4.78, 5) is 6.64. The van der Waals surface area contributed by atoms with Crippen molar-refractivity contribution in [1.29, 1.82) is 0 Å². The molecule has 3 rings (SSSR count). The van der Waals surface area contributed by atoms with E-state index in [2.05, 4.69) is 28.9 Å². The Kier molecular flexibility index (Phi) is 3.35. The van der Waals surface area contributed by atoms with Crippen LogP contribution in [0.5, 0.6) is 0 Å². The molecule has 0 unspecified atom stereocenters. The number of rotatable bonds is 3. The summed E-state index contributed by atoms with van der Waals surface area (Å²) in [6.07, 6.45) is 1.83. The van der Waals surface area contributed by atoms with Crippen LogP contribution >= 0.6 is 0 Å². The van der Waals surface area contributed by atoms with Crippen molar-refractivity contribution in [3.8, 4) is 11.6 Å². The number of nitrogens with zero attached hydrogens (tertiary/aromatic N) is 3. The smallest absolute Gasteiger partial charge is 0.241 e. The molecular weight excluding hydrogens is 246 g/mol. The number of aromatic nitrogens is 2. The van der Waals surface area contributed by atoms with E-state index in [1.807, 2.05) is 6.07 Å². The number of hydrogen-bond donors (Lipinski definition) is 0. The highest BCUT2D eigenvalue weighted by molar-refractivity contribution is 5.44. The lowest BCUT2D eigenvalue weighted by molar-refractivity contribution is -0.0555. The Morgan fingerprint density at radius 2 is 2.32 bits per heavy atom. The number of furan rings is 1. The number of ether oxygens (including phenoxy) is 1. The van der Waals surface area contributed by atoms with Crippen molar-refractivity contribution in [2.45, 2.75) is 32.5 Å². The van der Waals surface area contributed by atoms with Gasteiger partial charge in [0.1, 0.15) is 0 Å². The van der Waals surface area contributed by atoms with Crippen LogP contribution < -0.4 is 0 Å². The second kappa shape index (κ2) is 5.14. The van der Waals surface area contributed by atoms with E-state index in [-0.39, 0.29) is 6.10 Å². The standard InChI is InChI=1S/C13H17N3O3/c1-9-8-18-10(2)6-16(9)7-12-14-13(15-19-12)11-4-3-5-17-11/h3-5,9-10H,6-8H2,1-2H3/t9-,10-/m1/s1. The third-order valence-corrected chi connectivity index (χ3v) is 3.28. The van der Waals surface area contributed by atoms with Gasteiger partial charge in [-0.15, -0.1) is 0 Å². The van der Waals surface area contributed by atoms with Crippen LogP contribution in [0.4, 0.5) is 0 Å². The molecule has 0 aromatic carbocycles. The molecule has 102 valence electrons. The maximum absolute atomic E-state index is 5.60. The molecule has 0 saturated carbocycles. The predicted molar refractivity (Wildman–Crippen MR) is 67.3 cm³/mol. The molecule has 2 atom stereocenters. The van der Waals surface area contributed by atoms with Crippen molar-refractivity contribution >= 4 is 0 Å². The minimum atomic E-state index is 0.240. The van der Waals surface area contributed by atoms with Gasteiger partial charge in [-0.05, 0) is 26.0 Å². The summed E-state index contributed by atoms with van der Waals surface area (Å²) in [5.74, 6) is 1.72. The van der Waals surface area contributed by atoms with Gasteiger partial charge >= 0.3 is 0 Å². The Balaban J connectivity index is 1.70. The van der Waals surface area contributed by atoms with E-state index < -0.39 is 0 Å². The summed E-state index contributed by atoms with van der Waals surface area (Å²) in [6.45, 7) is 6.46. The Morgan fingerprint density at radius 1 is 1.42 bits per heavy atom. The molecule has 19 heavy (non-hydrogen) atoms. The van der Waals surface area contributed by atoms with Gasteiger partial charge in [0.2, 0.25) is 11.7 Å². The van der Waals surface area contributed by atoms with Crippen LogP contribution in [0.3, 0.4) is 0 Å². The van der Waals surface area contributed by atoms with E-state index in [1.54, 1.807) is 12.3 Å². The molecule has 0 spiro atoms. The maximum Gasteiger partial charge on any atom is 0.241 e. The van der Waals surface area contributed by atoms with Gasteiger partial charge in [-0.3, -0.25) is 4.90 Å². The van der Waals surface area contributed by atoms with E-state index in [9.17, 15) is 0 Å². The molecule has 2 aromatic rings. The first-order valence-corrected chi connectivity index (χ1v) is 6.44. The summed E-state index contributed by atoms with van der Waals surface area (Å²) in [5, 5.41) is 3.93. The average molecular weight is 263 g/mol. The van der Waals surface area contributed by atoms with Gasteiger partial charge in [0, 0.05) is 12.6 Å². The van der Waals surface area contributed by atoms with Crippen molar-refractivity contribution in [3.63, 3.8) is 0 Å². The van der Waals surface area contributed by atoms with Crippen LogP contribution in [0.2, 0.25) is 0 Å². The first kappa shape index (κ1) is 12.4. The first-order valence-electron chi connectivity index (χ1n) is 6.44. The number of hydrogen-bond acceptors (Lipinski definition) is 6. The third-order valence-electron chi connectivity index (χ3n) is 3.28. The Hall–Kier alpha value is -1.66. The molecule has 3 heterocycles. The van der Waals surface area contributed by atoms with Crippen LogP contribution in [-0.4, -0.2) is 40.3 Å². The predicted octanol–water partition coefficient (Wildman–Crippen LogP) is 1.94. The van der Waals surface area contributed by atoms with E-state index in [1.165, 1.54) is 0 Å². The van der Waals surface area contributed by atoms with Crippen molar-refractivity contribution in [3.05, 3.63) is 24.3 Å². The fourth-order valence-corrected chi connectivity index (χ4v) is 2.19. The van der Waals surface area contributed by atoms with Crippen LogP contribution in [0, 0.1) is 0 Å². The Bertz CT molecular complexity index is 523. The fourth-order valence-electron chi connectivity index (χ4n) is 2.19. The van der Waals surface area contributed by atoms with E-state index >= 15 is 0 Å². The Morgan fingerprint density at radius 3 is 3.11 bits per heavy atom. The summed E-state index contributed by atoms with van der Waals surface area (Å²) in [6, 6.07) is 3.97. The quantitative estimate of drug-likeness (QED) is 0.843. The molecule has 0 bridgehead atoms. The molecule has 1 fully saturated rings. The lowest BCUT2D eigenvalue weighted by atomic mass is 10.2. The molecule has 0 aliphatic carbocycles. The van der Waals surface area contributed by atoms with E-state index in [4.69, 9.17) is 13.7 Å². The molecule has 0 N–H and O–H groups in total. The zero-order chi connectivity index (χ0) is 13.2. The summed E-state index contributed by atoms with van der Waals surface area (Å²) in [5.41, 5.74) is 0. The van der Waals surface area contributed by atoms with Crippen LogP contribution in [-0.2, 0) is 11.3 Å². The van der Waals surface area contributed by atoms with Gasteiger partial charge in [0.25, 0.3) is 0 Å². The van der Waals surface area contributed by atoms with Gasteiger partial charge in [0.05, 0.1) is 25.5 Å². The summed E-state index contributed by atoms with van der Waals surface area (Å²) in [7, 11) is 0. The van der Waals surface area contributed by atoms with Crippen LogP contribution in [0.15, 0.2) is 27.3 Å². The molecule has 2 aromatic heterocycles. The van der Waals surface area contributed by atoms with E-state index in [0.29, 0.717) is 30.1 Å². The maximum atomic E-state index is 5.60. The van der Waals surface area contributed by atoms with Crippen LogP contribution in [0.1, 0.15) is 19.7 Å². The van der Waals surface area contributed by atoms with Crippen molar-refractivity contribution in [2.24, 2.45) is 0 Å². The second-order valence-corrected chi connectivity index (χ2v) is 4.91. The summed E-state index contributed by atoms with van der Waals surface area (Å²) < 4.78 is 16.1. The van der Waals surface area contributed by atoms with E-state index in [0.717, 1.165) is 13.2 Å². The lowest BCUT2D eigenvalue weighted by Gasteiger charge is -2.35. The molecule has 6 nitrogen and oxygen atoms in total. The molecule has 1 saturated heterocycles. The average Bonchev–Trinajstić information content (AvgIpc) is 3.04. The summed E-state index contributed by atoms with van der Waals surface area (Å²) >= 11 is 0. The van der Waals surface area contributed by atoms with Crippen LogP contribution in [0.25, 0.3) is 11.6 Å². The highest BCUT2D eigenvalue weighted by Gasteiger charge is 2.25.